The number of aromatic nitrogens is 3. The Bertz CT molecular complexity index is 625. The van der Waals surface area contributed by atoms with E-state index in [4.69, 9.17) is 4.74 Å². The second-order valence-corrected chi connectivity index (χ2v) is 3.80. The zero-order valence-electron chi connectivity index (χ0n) is 10.3. The van der Waals surface area contributed by atoms with E-state index >= 15 is 0 Å². The molecule has 0 fully saturated rings. The molecule has 1 aromatic heterocycles. The van der Waals surface area contributed by atoms with Crippen molar-refractivity contribution in [1.29, 1.82) is 0 Å². The lowest BCUT2D eigenvalue weighted by Crippen LogP contribution is -2.07. The van der Waals surface area contributed by atoms with E-state index in [1.54, 1.807) is 6.92 Å². The highest BCUT2D eigenvalue weighted by molar-refractivity contribution is 5.93. The molecule has 2 aromatic rings. The number of rotatable bonds is 3. The van der Waals surface area contributed by atoms with E-state index in [2.05, 4.69) is 15.4 Å². The number of nitrogens with one attached hydrogen (secondary N) is 1. The van der Waals surface area contributed by atoms with Gasteiger partial charge in [-0.1, -0.05) is 6.07 Å². The zero-order valence-corrected chi connectivity index (χ0v) is 10.3. The third-order valence-electron chi connectivity index (χ3n) is 2.55. The number of ether oxygens (including phenoxy) is 1. The maximum atomic E-state index is 13.8. The fourth-order valence-electron chi connectivity index (χ4n) is 1.59. The number of aryl methyl sites for hydroxylation is 1. The van der Waals surface area contributed by atoms with Crippen LogP contribution in [0.15, 0.2) is 12.1 Å². The highest BCUT2D eigenvalue weighted by Gasteiger charge is 2.23. The summed E-state index contributed by atoms with van der Waals surface area (Å²) in [4.78, 5) is 11.6. The Morgan fingerprint density at radius 2 is 2.05 bits per heavy atom. The van der Waals surface area contributed by atoms with Crippen molar-refractivity contribution >= 4 is 5.97 Å². The molecule has 0 atom stereocenters. The molecule has 100 valence electrons. The minimum atomic E-state index is -1.07. The topological polar surface area (TPSA) is 67.9 Å². The Hall–Kier alpha value is -2.31. The van der Waals surface area contributed by atoms with Gasteiger partial charge in [0.15, 0.2) is 17.3 Å². The van der Waals surface area contributed by atoms with Crippen LogP contribution in [-0.4, -0.2) is 28.0 Å². The Morgan fingerprint density at radius 1 is 1.32 bits per heavy atom. The zero-order chi connectivity index (χ0) is 14.0. The van der Waals surface area contributed by atoms with Crippen molar-refractivity contribution in [3.05, 3.63) is 35.0 Å². The smallest absolute Gasteiger partial charge is 0.361 e. The molecule has 0 aliphatic heterocycles. The summed E-state index contributed by atoms with van der Waals surface area (Å²) in [6, 6.07) is 2.74. The van der Waals surface area contributed by atoms with Crippen molar-refractivity contribution in [2.24, 2.45) is 0 Å². The molecule has 0 spiro atoms. The summed E-state index contributed by atoms with van der Waals surface area (Å²) in [5.74, 6) is -2.79. The molecule has 1 N–H and O–H groups in total. The van der Waals surface area contributed by atoms with Crippen molar-refractivity contribution in [2.45, 2.75) is 13.8 Å². The first-order valence-corrected chi connectivity index (χ1v) is 5.59. The van der Waals surface area contributed by atoms with E-state index in [1.165, 1.54) is 19.1 Å². The largest absolute Gasteiger partial charge is 0.461 e. The van der Waals surface area contributed by atoms with Gasteiger partial charge in [-0.3, -0.25) is 0 Å². The number of H-pyrrole nitrogens is 1. The minimum Gasteiger partial charge on any atom is -0.461 e. The van der Waals surface area contributed by atoms with Crippen LogP contribution in [0.4, 0.5) is 8.78 Å². The van der Waals surface area contributed by atoms with Crippen LogP contribution in [0.25, 0.3) is 11.3 Å². The Labute approximate surface area is 107 Å². The molecule has 0 saturated heterocycles. The maximum absolute atomic E-state index is 13.8. The molecular weight excluding hydrogens is 256 g/mol. The number of halogens is 2. The number of benzene rings is 1. The molecule has 7 heteroatoms. The molecule has 1 aromatic carbocycles. The first-order chi connectivity index (χ1) is 9.06. The van der Waals surface area contributed by atoms with E-state index in [0.29, 0.717) is 0 Å². The van der Waals surface area contributed by atoms with Crippen LogP contribution in [0.2, 0.25) is 0 Å². The first-order valence-electron chi connectivity index (χ1n) is 5.59. The molecule has 0 saturated carbocycles. The molecule has 19 heavy (non-hydrogen) atoms. The van der Waals surface area contributed by atoms with Crippen LogP contribution < -0.4 is 0 Å². The highest BCUT2D eigenvalue weighted by atomic mass is 19.2. The third-order valence-corrected chi connectivity index (χ3v) is 2.55. The van der Waals surface area contributed by atoms with Gasteiger partial charge in [-0.15, -0.1) is 5.10 Å². The van der Waals surface area contributed by atoms with Gasteiger partial charge in [-0.2, -0.15) is 10.3 Å². The number of nitrogens with zero attached hydrogens (tertiary/aromatic N) is 2. The summed E-state index contributed by atoms with van der Waals surface area (Å²) >= 11 is 0. The Kier molecular flexibility index (Phi) is 3.55. The van der Waals surface area contributed by atoms with Gasteiger partial charge in [-0.25, -0.2) is 13.6 Å². The lowest BCUT2D eigenvalue weighted by molar-refractivity contribution is 0.0520. The number of esters is 1. The Balaban J connectivity index is 2.52. The van der Waals surface area contributed by atoms with Gasteiger partial charge in [0.2, 0.25) is 0 Å². The first kappa shape index (κ1) is 13.1. The van der Waals surface area contributed by atoms with E-state index in [9.17, 15) is 13.6 Å². The molecule has 0 bridgehead atoms. The fourth-order valence-corrected chi connectivity index (χ4v) is 1.59. The fraction of sp³-hybridized carbons (Fsp3) is 0.250. The predicted molar refractivity (Wildman–Crippen MR) is 62.4 cm³/mol. The second kappa shape index (κ2) is 5.13. The molecular formula is C12H11F2N3O2. The van der Waals surface area contributed by atoms with E-state index in [0.717, 1.165) is 0 Å². The molecule has 0 unspecified atom stereocenters. The predicted octanol–water partition coefficient (Wildman–Crippen LogP) is 2.24. The van der Waals surface area contributed by atoms with Crippen molar-refractivity contribution in [1.82, 2.24) is 15.4 Å². The molecule has 0 amide bonds. The number of hydrogen-bond acceptors (Lipinski definition) is 4. The molecule has 5 nitrogen and oxygen atoms in total. The highest BCUT2D eigenvalue weighted by Crippen LogP contribution is 2.26. The van der Waals surface area contributed by atoms with Crippen LogP contribution in [0, 0.1) is 18.6 Å². The van der Waals surface area contributed by atoms with Crippen LogP contribution in [-0.2, 0) is 4.74 Å². The molecule has 1 heterocycles. The van der Waals surface area contributed by atoms with Gasteiger partial charge in [0.05, 0.1) is 6.61 Å². The second-order valence-electron chi connectivity index (χ2n) is 3.80. The van der Waals surface area contributed by atoms with E-state index in [1.807, 2.05) is 0 Å². The SMILES string of the molecule is CCOC(=O)c1n[nH]nc1-c1ccc(C)c(F)c1F. The molecule has 0 radical (unpaired) electrons. The molecule has 0 aliphatic rings. The summed E-state index contributed by atoms with van der Waals surface area (Å²) in [7, 11) is 0. The lowest BCUT2D eigenvalue weighted by atomic mass is 10.1. The van der Waals surface area contributed by atoms with Crippen LogP contribution in [0.5, 0.6) is 0 Å². The van der Waals surface area contributed by atoms with E-state index in [-0.39, 0.29) is 29.1 Å². The monoisotopic (exact) mass is 267 g/mol. The number of aromatic amines is 1. The standard InChI is InChI=1S/C12H11F2N3O2/c1-3-19-12(18)11-10(15-17-16-11)7-5-4-6(2)8(13)9(7)14/h4-5H,3H2,1-2H3,(H,15,16,17). The van der Waals surface area contributed by atoms with E-state index < -0.39 is 17.6 Å². The van der Waals surface area contributed by atoms with Gasteiger partial charge in [-0.05, 0) is 25.5 Å². The van der Waals surface area contributed by atoms with Crippen molar-refractivity contribution in [3.8, 4) is 11.3 Å². The number of carbonyl (C=O) groups excluding carboxylic acids is 1. The van der Waals surface area contributed by atoms with Crippen LogP contribution >= 0.6 is 0 Å². The normalized spacial score (nSPS) is 10.5. The van der Waals surface area contributed by atoms with Crippen LogP contribution in [0.3, 0.4) is 0 Å². The molecule has 0 aliphatic carbocycles. The van der Waals surface area contributed by atoms with Crippen molar-refractivity contribution in [2.75, 3.05) is 6.61 Å². The average molecular weight is 267 g/mol. The number of carbonyl (C=O) groups is 1. The third kappa shape index (κ3) is 2.31. The van der Waals surface area contributed by atoms with Gasteiger partial charge in [0, 0.05) is 5.56 Å². The summed E-state index contributed by atoms with van der Waals surface area (Å²) in [5.41, 5.74) is -0.221. The quantitative estimate of drug-likeness (QED) is 0.866. The summed E-state index contributed by atoms with van der Waals surface area (Å²) < 4.78 is 32.1. The van der Waals surface area contributed by atoms with Crippen molar-refractivity contribution < 1.29 is 18.3 Å². The van der Waals surface area contributed by atoms with Gasteiger partial charge >= 0.3 is 5.97 Å². The van der Waals surface area contributed by atoms with Gasteiger partial charge < -0.3 is 4.74 Å². The van der Waals surface area contributed by atoms with Gasteiger partial charge in [0.1, 0.15) is 5.69 Å². The summed E-state index contributed by atoms with van der Waals surface area (Å²) in [6.07, 6.45) is 0. The average Bonchev–Trinajstić information content (AvgIpc) is 2.85. The molecule has 2 rings (SSSR count). The Morgan fingerprint density at radius 3 is 2.74 bits per heavy atom. The summed E-state index contributed by atoms with van der Waals surface area (Å²) in [6.45, 7) is 3.22. The van der Waals surface area contributed by atoms with Gasteiger partial charge in [0.25, 0.3) is 0 Å². The van der Waals surface area contributed by atoms with Crippen LogP contribution in [0.1, 0.15) is 23.0 Å². The minimum absolute atomic E-state index is 0.0742. The number of hydrogen-bond donors (Lipinski definition) is 1. The summed E-state index contributed by atoms with van der Waals surface area (Å²) in [5, 5.41) is 9.49. The lowest BCUT2D eigenvalue weighted by Gasteiger charge is -2.05. The maximum Gasteiger partial charge on any atom is 0.361 e. The van der Waals surface area contributed by atoms with Crippen molar-refractivity contribution in [3.63, 3.8) is 0 Å².